The molecule has 0 fully saturated rings. The maximum atomic E-state index is 4.52. The van der Waals surface area contributed by atoms with Crippen LogP contribution in [0.1, 0.15) is 36.7 Å². The van der Waals surface area contributed by atoms with Crippen molar-refractivity contribution in [2.24, 2.45) is 0 Å². The minimum absolute atomic E-state index is 0.239. The first-order chi connectivity index (χ1) is 9.74. The Bertz CT molecular complexity index is 537. The highest BCUT2D eigenvalue weighted by Gasteiger charge is 2.15. The summed E-state index contributed by atoms with van der Waals surface area (Å²) in [4.78, 5) is 4.52. The van der Waals surface area contributed by atoms with Crippen LogP contribution in [0.3, 0.4) is 0 Å². The van der Waals surface area contributed by atoms with E-state index >= 15 is 0 Å². The molecule has 1 heterocycles. The van der Waals surface area contributed by atoms with Crippen molar-refractivity contribution in [2.45, 2.75) is 32.7 Å². The van der Waals surface area contributed by atoms with Crippen molar-refractivity contribution in [3.63, 3.8) is 0 Å². The molecular weight excluding hydrogens is 312 g/mol. The zero-order valence-corrected chi connectivity index (χ0v) is 13.7. The summed E-state index contributed by atoms with van der Waals surface area (Å²) in [7, 11) is 0. The van der Waals surface area contributed by atoms with Gasteiger partial charge in [-0.25, -0.2) is 0 Å². The van der Waals surface area contributed by atoms with Crippen molar-refractivity contribution in [1.29, 1.82) is 0 Å². The Morgan fingerprint density at radius 3 is 2.40 bits per heavy atom. The maximum absolute atomic E-state index is 4.52. The molecule has 0 amide bonds. The molecule has 0 aliphatic heterocycles. The highest BCUT2D eigenvalue weighted by molar-refractivity contribution is 9.10. The van der Waals surface area contributed by atoms with Crippen LogP contribution in [-0.4, -0.2) is 11.5 Å². The topological polar surface area (TPSA) is 24.9 Å². The average Bonchev–Trinajstić information content (AvgIpc) is 2.48. The Morgan fingerprint density at radius 1 is 1.10 bits per heavy atom. The number of benzene rings is 1. The maximum Gasteiger partial charge on any atom is 0.0718 e. The van der Waals surface area contributed by atoms with E-state index < -0.39 is 0 Å². The average molecular weight is 333 g/mol. The predicted molar refractivity (Wildman–Crippen MR) is 87.9 cm³/mol. The number of aromatic nitrogens is 1. The van der Waals surface area contributed by atoms with Gasteiger partial charge in [0.05, 0.1) is 11.7 Å². The predicted octanol–water partition coefficient (Wildman–Crippen LogP) is 4.30. The van der Waals surface area contributed by atoms with Crippen molar-refractivity contribution in [2.75, 3.05) is 6.54 Å². The number of nitrogens with one attached hydrogen (secondary N) is 1. The molecule has 1 aromatic heterocycles. The number of halogens is 1. The van der Waals surface area contributed by atoms with Crippen LogP contribution in [0.15, 0.2) is 47.1 Å². The monoisotopic (exact) mass is 332 g/mol. The zero-order chi connectivity index (χ0) is 14.4. The van der Waals surface area contributed by atoms with E-state index in [0.717, 1.165) is 29.6 Å². The lowest BCUT2D eigenvalue weighted by Gasteiger charge is -2.19. The summed E-state index contributed by atoms with van der Waals surface area (Å²) in [5.74, 6) is 0. The molecule has 0 saturated heterocycles. The molecular formula is C17H21BrN2. The molecule has 0 aliphatic rings. The van der Waals surface area contributed by atoms with Gasteiger partial charge < -0.3 is 5.32 Å². The van der Waals surface area contributed by atoms with E-state index in [-0.39, 0.29) is 6.04 Å². The number of hydrogen-bond acceptors (Lipinski definition) is 2. The summed E-state index contributed by atoms with van der Waals surface area (Å²) in [5, 5.41) is 3.52. The molecule has 1 aromatic carbocycles. The Morgan fingerprint density at radius 2 is 1.80 bits per heavy atom. The van der Waals surface area contributed by atoms with E-state index in [1.54, 1.807) is 0 Å². The molecule has 1 atom stereocenters. The van der Waals surface area contributed by atoms with Crippen molar-refractivity contribution in [3.8, 4) is 0 Å². The third kappa shape index (κ3) is 3.90. The summed E-state index contributed by atoms with van der Waals surface area (Å²) in [6.45, 7) is 5.24. The van der Waals surface area contributed by atoms with Gasteiger partial charge in [0.2, 0.25) is 0 Å². The van der Waals surface area contributed by atoms with Gasteiger partial charge in [0.15, 0.2) is 0 Å². The number of pyridine rings is 1. The van der Waals surface area contributed by atoms with E-state index in [2.05, 4.69) is 64.3 Å². The van der Waals surface area contributed by atoms with Gasteiger partial charge in [-0.15, -0.1) is 0 Å². The second kappa shape index (κ2) is 7.55. The summed E-state index contributed by atoms with van der Waals surface area (Å²) in [6.07, 6.45) is 3.89. The Balaban J connectivity index is 2.18. The Labute approximate surface area is 129 Å². The van der Waals surface area contributed by atoms with E-state index in [1.807, 2.05) is 18.3 Å². The number of likely N-dealkylation sites (N-methyl/N-ethyl adjacent to an activating group) is 1. The van der Waals surface area contributed by atoms with Crippen LogP contribution in [0.25, 0.3) is 0 Å². The van der Waals surface area contributed by atoms with Crippen molar-refractivity contribution in [3.05, 3.63) is 63.9 Å². The SMILES string of the molecule is CCNC(Cc1ccc(CC)cc1)c1ncccc1Br. The van der Waals surface area contributed by atoms with Crippen LogP contribution in [0, 0.1) is 0 Å². The van der Waals surface area contributed by atoms with Gasteiger partial charge in [-0.05, 0) is 58.6 Å². The fourth-order valence-corrected chi connectivity index (χ4v) is 2.84. The largest absolute Gasteiger partial charge is 0.309 e. The molecule has 3 heteroatoms. The van der Waals surface area contributed by atoms with E-state index in [4.69, 9.17) is 0 Å². The number of rotatable bonds is 6. The van der Waals surface area contributed by atoms with E-state index in [0.29, 0.717) is 0 Å². The smallest absolute Gasteiger partial charge is 0.0718 e. The molecule has 0 saturated carbocycles. The molecule has 2 aromatic rings. The zero-order valence-electron chi connectivity index (χ0n) is 12.1. The quantitative estimate of drug-likeness (QED) is 0.853. The first kappa shape index (κ1) is 15.2. The summed E-state index contributed by atoms with van der Waals surface area (Å²) in [6, 6.07) is 13.1. The molecule has 0 spiro atoms. The van der Waals surface area contributed by atoms with Crippen molar-refractivity contribution in [1.82, 2.24) is 10.3 Å². The van der Waals surface area contributed by atoms with Gasteiger partial charge in [0, 0.05) is 10.7 Å². The second-order valence-corrected chi connectivity index (χ2v) is 5.71. The minimum atomic E-state index is 0.239. The van der Waals surface area contributed by atoms with Gasteiger partial charge in [-0.1, -0.05) is 38.1 Å². The summed E-state index contributed by atoms with van der Waals surface area (Å²) >= 11 is 3.60. The molecule has 0 radical (unpaired) electrons. The Kier molecular flexibility index (Phi) is 5.74. The van der Waals surface area contributed by atoms with Crippen molar-refractivity contribution < 1.29 is 0 Å². The molecule has 2 rings (SSSR count). The van der Waals surface area contributed by atoms with Crippen LogP contribution < -0.4 is 5.32 Å². The van der Waals surface area contributed by atoms with Gasteiger partial charge in [0.25, 0.3) is 0 Å². The van der Waals surface area contributed by atoms with E-state index in [9.17, 15) is 0 Å². The fraction of sp³-hybridized carbons (Fsp3) is 0.353. The minimum Gasteiger partial charge on any atom is -0.309 e. The molecule has 0 bridgehead atoms. The van der Waals surface area contributed by atoms with Crippen LogP contribution >= 0.6 is 15.9 Å². The lowest BCUT2D eigenvalue weighted by molar-refractivity contribution is 0.534. The van der Waals surface area contributed by atoms with Gasteiger partial charge in [0.1, 0.15) is 0 Å². The van der Waals surface area contributed by atoms with Crippen LogP contribution in [0.4, 0.5) is 0 Å². The molecule has 2 nitrogen and oxygen atoms in total. The van der Waals surface area contributed by atoms with E-state index in [1.165, 1.54) is 11.1 Å². The lowest BCUT2D eigenvalue weighted by Crippen LogP contribution is -2.24. The first-order valence-electron chi connectivity index (χ1n) is 7.16. The molecule has 0 aliphatic carbocycles. The molecule has 1 N–H and O–H groups in total. The van der Waals surface area contributed by atoms with Crippen LogP contribution in [-0.2, 0) is 12.8 Å². The first-order valence-corrected chi connectivity index (χ1v) is 7.95. The summed E-state index contributed by atoms with van der Waals surface area (Å²) < 4.78 is 1.07. The fourth-order valence-electron chi connectivity index (χ4n) is 2.31. The molecule has 1 unspecified atom stereocenters. The standard InChI is InChI=1S/C17H21BrN2/c1-3-13-7-9-14(10-8-13)12-16(19-4-2)17-15(18)6-5-11-20-17/h5-11,16,19H,3-4,12H2,1-2H3. The van der Waals surface area contributed by atoms with Gasteiger partial charge in [-0.3, -0.25) is 4.98 Å². The molecule has 106 valence electrons. The Hall–Kier alpha value is -1.19. The third-order valence-electron chi connectivity index (χ3n) is 3.44. The highest BCUT2D eigenvalue weighted by atomic mass is 79.9. The summed E-state index contributed by atoms with van der Waals surface area (Å²) in [5.41, 5.74) is 3.80. The number of aryl methyl sites for hydroxylation is 1. The van der Waals surface area contributed by atoms with Gasteiger partial charge in [-0.2, -0.15) is 0 Å². The highest BCUT2D eigenvalue weighted by Crippen LogP contribution is 2.24. The van der Waals surface area contributed by atoms with Crippen LogP contribution in [0.5, 0.6) is 0 Å². The van der Waals surface area contributed by atoms with Crippen molar-refractivity contribution >= 4 is 15.9 Å². The normalized spacial score (nSPS) is 12.3. The third-order valence-corrected chi connectivity index (χ3v) is 4.11. The van der Waals surface area contributed by atoms with Crippen LogP contribution in [0.2, 0.25) is 0 Å². The van der Waals surface area contributed by atoms with Gasteiger partial charge >= 0.3 is 0 Å². The lowest BCUT2D eigenvalue weighted by atomic mass is 10.0. The number of hydrogen-bond donors (Lipinski definition) is 1. The second-order valence-electron chi connectivity index (χ2n) is 4.85. The molecule has 20 heavy (non-hydrogen) atoms. The number of nitrogens with zero attached hydrogens (tertiary/aromatic N) is 1.